The van der Waals surface area contributed by atoms with Gasteiger partial charge in [0.1, 0.15) is 0 Å². The highest BCUT2D eigenvalue weighted by Gasteiger charge is 2.32. The van der Waals surface area contributed by atoms with Gasteiger partial charge in [-0.25, -0.2) is 5.43 Å². The second-order valence-electron chi connectivity index (χ2n) is 8.06. The van der Waals surface area contributed by atoms with Crippen LogP contribution in [0.3, 0.4) is 0 Å². The molecule has 1 aliphatic carbocycles. The van der Waals surface area contributed by atoms with E-state index in [1.807, 2.05) is 19.9 Å². The number of halogens is 3. The lowest BCUT2D eigenvalue weighted by Crippen LogP contribution is -2.20. The molecule has 8 heteroatoms. The Balaban J connectivity index is 1.93. The zero-order valence-corrected chi connectivity index (χ0v) is 17.3. The number of benzene rings is 2. The van der Waals surface area contributed by atoms with Gasteiger partial charge < -0.3 is 5.11 Å². The number of alkyl halides is 3. The third-order valence-corrected chi connectivity index (χ3v) is 5.38. The Morgan fingerprint density at radius 3 is 2.35 bits per heavy atom. The van der Waals surface area contributed by atoms with E-state index < -0.39 is 11.7 Å². The van der Waals surface area contributed by atoms with Gasteiger partial charge in [0, 0.05) is 17.0 Å². The van der Waals surface area contributed by atoms with Gasteiger partial charge in [-0.05, 0) is 69.0 Å². The Hall–Kier alpha value is -3.29. The number of aromatic hydroxyl groups is 1. The Labute approximate surface area is 177 Å². The molecular weight excluding hydrogens is 407 g/mol. The average molecular weight is 429 g/mol. The van der Waals surface area contributed by atoms with Gasteiger partial charge in [0.15, 0.2) is 0 Å². The minimum atomic E-state index is -4.52. The van der Waals surface area contributed by atoms with E-state index in [1.165, 1.54) is 10.6 Å². The van der Waals surface area contributed by atoms with Crippen molar-refractivity contribution in [2.24, 2.45) is 11.0 Å². The molecule has 0 saturated heterocycles. The molecule has 5 nitrogen and oxygen atoms in total. The SMILES string of the molecule is CC(=NNC(=O)C1CC1)c1c(O)n(-c2cc(C)cc(C)c2)c2cc(C(F)(F)F)ccc12. The third kappa shape index (κ3) is 4.02. The Morgan fingerprint density at radius 2 is 1.77 bits per heavy atom. The minimum absolute atomic E-state index is 0.0453. The second kappa shape index (κ2) is 7.44. The number of nitrogens with zero attached hydrogens (tertiary/aromatic N) is 2. The zero-order chi connectivity index (χ0) is 22.5. The molecule has 0 aliphatic heterocycles. The normalized spacial score (nSPS) is 14.8. The fourth-order valence-corrected chi connectivity index (χ4v) is 3.78. The standard InChI is InChI=1S/C23H22F3N3O2/c1-12-8-13(2)10-17(9-12)29-19-11-16(23(24,25)26)6-7-18(19)20(22(29)31)14(3)27-28-21(30)15-4-5-15/h6-11,15,31H,4-5H2,1-3H3,(H,28,30). The van der Waals surface area contributed by atoms with Crippen LogP contribution in [0.15, 0.2) is 41.5 Å². The summed E-state index contributed by atoms with van der Waals surface area (Å²) in [6, 6.07) is 8.84. The number of amides is 1. The number of hydrogen-bond acceptors (Lipinski definition) is 3. The average Bonchev–Trinajstić information content (AvgIpc) is 3.47. The van der Waals surface area contributed by atoms with E-state index in [1.54, 1.807) is 19.1 Å². The van der Waals surface area contributed by atoms with Crippen molar-refractivity contribution in [3.05, 3.63) is 58.7 Å². The van der Waals surface area contributed by atoms with Crippen molar-refractivity contribution in [2.75, 3.05) is 0 Å². The highest BCUT2D eigenvalue weighted by molar-refractivity contribution is 6.13. The number of hydrazone groups is 1. The van der Waals surface area contributed by atoms with Gasteiger partial charge in [0.05, 0.1) is 22.4 Å². The Morgan fingerprint density at radius 1 is 1.13 bits per heavy atom. The molecule has 0 bridgehead atoms. The van der Waals surface area contributed by atoms with Crippen LogP contribution in [-0.2, 0) is 11.0 Å². The Kier molecular flexibility index (Phi) is 5.03. The summed E-state index contributed by atoms with van der Waals surface area (Å²) in [6.45, 7) is 5.36. The van der Waals surface area contributed by atoms with Gasteiger partial charge in [-0.15, -0.1) is 0 Å². The first-order valence-corrected chi connectivity index (χ1v) is 9.94. The van der Waals surface area contributed by atoms with E-state index >= 15 is 0 Å². The van der Waals surface area contributed by atoms with E-state index in [0.29, 0.717) is 16.8 Å². The predicted molar refractivity (Wildman–Crippen MR) is 112 cm³/mol. The van der Waals surface area contributed by atoms with E-state index in [0.717, 1.165) is 36.1 Å². The number of rotatable bonds is 4. The largest absolute Gasteiger partial charge is 0.494 e. The van der Waals surface area contributed by atoms with Crippen LogP contribution in [-0.4, -0.2) is 21.3 Å². The maximum atomic E-state index is 13.4. The third-order valence-electron chi connectivity index (χ3n) is 5.38. The van der Waals surface area contributed by atoms with Gasteiger partial charge in [0.2, 0.25) is 11.8 Å². The van der Waals surface area contributed by atoms with Crippen molar-refractivity contribution < 1.29 is 23.1 Å². The van der Waals surface area contributed by atoms with Crippen molar-refractivity contribution in [1.29, 1.82) is 0 Å². The lowest BCUT2D eigenvalue weighted by atomic mass is 10.1. The lowest BCUT2D eigenvalue weighted by Gasteiger charge is -2.11. The number of carbonyl (C=O) groups is 1. The summed E-state index contributed by atoms with van der Waals surface area (Å²) < 4.78 is 41.6. The van der Waals surface area contributed by atoms with Gasteiger partial charge in [0.25, 0.3) is 0 Å². The van der Waals surface area contributed by atoms with E-state index in [4.69, 9.17) is 0 Å². The summed E-state index contributed by atoms with van der Waals surface area (Å²) in [6.07, 6.45) is -2.89. The monoisotopic (exact) mass is 429 g/mol. The zero-order valence-electron chi connectivity index (χ0n) is 17.3. The summed E-state index contributed by atoms with van der Waals surface area (Å²) in [5.41, 5.74) is 4.82. The van der Waals surface area contributed by atoms with Crippen molar-refractivity contribution in [1.82, 2.24) is 9.99 Å². The molecule has 1 saturated carbocycles. The quantitative estimate of drug-likeness (QED) is 0.441. The summed E-state index contributed by atoms with van der Waals surface area (Å²) >= 11 is 0. The van der Waals surface area contributed by atoms with E-state index in [9.17, 15) is 23.1 Å². The molecule has 1 heterocycles. The van der Waals surface area contributed by atoms with Gasteiger partial charge in [-0.3, -0.25) is 9.36 Å². The number of aryl methyl sites for hydroxylation is 2. The van der Waals surface area contributed by atoms with Crippen molar-refractivity contribution in [3.63, 3.8) is 0 Å². The van der Waals surface area contributed by atoms with Gasteiger partial charge in [-0.2, -0.15) is 18.3 Å². The van der Waals surface area contributed by atoms with E-state index in [2.05, 4.69) is 10.5 Å². The predicted octanol–water partition coefficient (Wildman–Crippen LogP) is 5.22. The molecule has 4 rings (SSSR count). The molecule has 0 unspecified atom stereocenters. The maximum Gasteiger partial charge on any atom is 0.416 e. The molecule has 0 spiro atoms. The number of aromatic nitrogens is 1. The van der Waals surface area contributed by atoms with Crippen molar-refractivity contribution in [3.8, 4) is 11.6 Å². The molecule has 0 atom stereocenters. The molecule has 1 fully saturated rings. The molecule has 1 amide bonds. The number of carbonyl (C=O) groups excluding carboxylic acids is 1. The summed E-state index contributed by atoms with van der Waals surface area (Å²) in [7, 11) is 0. The minimum Gasteiger partial charge on any atom is -0.494 e. The fourth-order valence-electron chi connectivity index (χ4n) is 3.78. The molecule has 3 aromatic rings. The molecular formula is C23H22F3N3O2. The van der Waals surface area contributed by atoms with Crippen molar-refractivity contribution >= 4 is 22.5 Å². The molecule has 31 heavy (non-hydrogen) atoms. The van der Waals surface area contributed by atoms with Crippen LogP contribution >= 0.6 is 0 Å². The topological polar surface area (TPSA) is 66.6 Å². The van der Waals surface area contributed by atoms with Crippen LogP contribution in [0.25, 0.3) is 16.6 Å². The molecule has 1 aromatic heterocycles. The maximum absolute atomic E-state index is 13.4. The van der Waals surface area contributed by atoms with Crippen LogP contribution < -0.4 is 5.43 Å². The van der Waals surface area contributed by atoms with Gasteiger partial charge in [-0.1, -0.05) is 12.1 Å². The second-order valence-corrected chi connectivity index (χ2v) is 8.06. The first-order chi connectivity index (χ1) is 14.6. The number of hydrogen-bond donors (Lipinski definition) is 2. The van der Waals surface area contributed by atoms with Crippen LogP contribution in [0.5, 0.6) is 5.88 Å². The van der Waals surface area contributed by atoms with Gasteiger partial charge >= 0.3 is 6.18 Å². The van der Waals surface area contributed by atoms with Crippen LogP contribution in [0.4, 0.5) is 13.2 Å². The van der Waals surface area contributed by atoms with Crippen LogP contribution in [0.2, 0.25) is 0 Å². The Bertz CT molecular complexity index is 1200. The first-order valence-electron chi connectivity index (χ1n) is 9.94. The lowest BCUT2D eigenvalue weighted by molar-refractivity contribution is -0.137. The molecule has 2 N–H and O–H groups in total. The number of fused-ring (bicyclic) bond motifs is 1. The highest BCUT2D eigenvalue weighted by Crippen LogP contribution is 2.39. The first kappa shape index (κ1) is 21.0. The summed E-state index contributed by atoms with van der Waals surface area (Å²) in [5, 5.41) is 15.6. The molecule has 162 valence electrons. The smallest absolute Gasteiger partial charge is 0.416 e. The van der Waals surface area contributed by atoms with E-state index in [-0.39, 0.29) is 28.8 Å². The van der Waals surface area contributed by atoms with Crippen molar-refractivity contribution in [2.45, 2.75) is 39.8 Å². The fraction of sp³-hybridized carbons (Fsp3) is 0.304. The summed E-state index contributed by atoms with van der Waals surface area (Å²) in [4.78, 5) is 11.9. The number of nitrogens with one attached hydrogen (secondary N) is 1. The van der Waals surface area contributed by atoms with Crippen LogP contribution in [0.1, 0.15) is 42.0 Å². The highest BCUT2D eigenvalue weighted by atomic mass is 19.4. The summed E-state index contributed by atoms with van der Waals surface area (Å²) in [5.74, 6) is -0.478. The molecule has 1 aliphatic rings. The molecule has 2 aromatic carbocycles. The van der Waals surface area contributed by atoms with Crippen LogP contribution in [0, 0.1) is 19.8 Å². The molecule has 0 radical (unpaired) electrons.